The molecule has 0 radical (unpaired) electrons. The zero-order chi connectivity index (χ0) is 29.1. The average molecular weight is 583 g/mol. The van der Waals surface area contributed by atoms with Gasteiger partial charge < -0.3 is 4.74 Å². The van der Waals surface area contributed by atoms with E-state index in [1.54, 1.807) is 30.3 Å². The summed E-state index contributed by atoms with van der Waals surface area (Å²) >= 11 is 6.04. The molecule has 1 heterocycles. The van der Waals surface area contributed by atoms with Crippen LogP contribution in [0.5, 0.6) is 5.75 Å². The quantitative estimate of drug-likeness (QED) is 0.213. The number of ether oxygens (including phenoxy) is 1. The van der Waals surface area contributed by atoms with E-state index in [0.29, 0.717) is 11.6 Å². The van der Waals surface area contributed by atoms with Crippen LogP contribution in [0.15, 0.2) is 85.1 Å². The first-order chi connectivity index (χ1) is 18.8. The van der Waals surface area contributed by atoms with Gasteiger partial charge in [0, 0.05) is 24.7 Å². The largest absolute Gasteiger partial charge is 0.496 e. The Kier molecular flexibility index (Phi) is 8.41. The van der Waals surface area contributed by atoms with Crippen molar-refractivity contribution in [3.63, 3.8) is 0 Å². The molecule has 0 bridgehead atoms. The minimum absolute atomic E-state index is 0.0372. The summed E-state index contributed by atoms with van der Waals surface area (Å²) < 4.78 is 102. The van der Waals surface area contributed by atoms with Crippen molar-refractivity contribution in [2.75, 3.05) is 7.11 Å². The summed E-state index contributed by atoms with van der Waals surface area (Å²) in [6.45, 7) is -0.303. The number of pyridine rings is 1. The van der Waals surface area contributed by atoms with E-state index in [1.165, 1.54) is 25.4 Å². The van der Waals surface area contributed by atoms with Crippen LogP contribution in [0.3, 0.4) is 0 Å². The van der Waals surface area contributed by atoms with Crippen LogP contribution >= 0.6 is 11.6 Å². The Labute approximate surface area is 230 Å². The Hall–Kier alpha value is -3.63. The molecule has 4 rings (SSSR count). The van der Waals surface area contributed by atoms with Crippen LogP contribution in [0, 0.1) is 5.82 Å². The molecular weight excluding hydrogens is 561 g/mol. The van der Waals surface area contributed by atoms with E-state index in [2.05, 4.69) is 10.3 Å². The maximum absolute atomic E-state index is 14.8. The number of alkyl halides is 6. The van der Waals surface area contributed by atoms with Gasteiger partial charge in [-0.3, -0.25) is 10.3 Å². The smallest absolute Gasteiger partial charge is 0.416 e. The van der Waals surface area contributed by atoms with Gasteiger partial charge in [-0.1, -0.05) is 41.9 Å². The van der Waals surface area contributed by atoms with E-state index in [-0.39, 0.29) is 40.6 Å². The Morgan fingerprint density at radius 1 is 0.800 bits per heavy atom. The molecule has 0 amide bonds. The average Bonchev–Trinajstić information content (AvgIpc) is 2.90. The maximum atomic E-state index is 14.8. The molecule has 0 aliphatic heterocycles. The first-order valence-corrected chi connectivity index (χ1v) is 12.2. The fraction of sp³-hybridized carbons (Fsp3) is 0.207. The van der Waals surface area contributed by atoms with Gasteiger partial charge >= 0.3 is 12.4 Å². The zero-order valence-corrected chi connectivity index (χ0v) is 21.6. The summed E-state index contributed by atoms with van der Waals surface area (Å²) in [6.07, 6.45) is -8.27. The van der Waals surface area contributed by atoms with Crippen molar-refractivity contribution in [2.45, 2.75) is 30.9 Å². The van der Waals surface area contributed by atoms with E-state index < -0.39 is 34.8 Å². The number of nitrogens with zero attached hydrogens (tertiary/aromatic N) is 1. The molecule has 3 nitrogen and oxygen atoms in total. The van der Waals surface area contributed by atoms with E-state index >= 15 is 0 Å². The third-order valence-corrected chi connectivity index (χ3v) is 6.61. The third-order valence-electron chi connectivity index (χ3n) is 6.38. The first-order valence-electron chi connectivity index (χ1n) is 11.9. The topological polar surface area (TPSA) is 34.1 Å². The number of nitrogens with one attached hydrogen (secondary N) is 1. The number of benzene rings is 3. The van der Waals surface area contributed by atoms with Gasteiger partial charge in [0.05, 0.1) is 34.5 Å². The molecule has 1 aromatic heterocycles. The van der Waals surface area contributed by atoms with Crippen molar-refractivity contribution in [2.24, 2.45) is 0 Å². The molecule has 0 spiro atoms. The molecule has 0 aliphatic carbocycles. The minimum atomic E-state index is -4.87. The van der Waals surface area contributed by atoms with Crippen molar-refractivity contribution >= 4 is 11.6 Å². The Bertz CT molecular complexity index is 1460. The molecule has 4 aromatic rings. The molecule has 210 valence electrons. The zero-order valence-electron chi connectivity index (χ0n) is 20.9. The highest BCUT2D eigenvalue weighted by molar-refractivity contribution is 6.30. The van der Waals surface area contributed by atoms with Crippen molar-refractivity contribution in [3.05, 3.63) is 129 Å². The molecule has 1 N–H and O–H groups in total. The lowest BCUT2D eigenvalue weighted by Gasteiger charge is -2.36. The highest BCUT2D eigenvalue weighted by Crippen LogP contribution is 2.39. The van der Waals surface area contributed by atoms with Gasteiger partial charge in [-0.25, -0.2) is 4.39 Å². The van der Waals surface area contributed by atoms with Gasteiger partial charge in [0.15, 0.2) is 0 Å². The Balaban J connectivity index is 1.95. The molecule has 0 saturated carbocycles. The van der Waals surface area contributed by atoms with Crippen molar-refractivity contribution in [3.8, 4) is 5.75 Å². The fourth-order valence-corrected chi connectivity index (χ4v) is 4.58. The van der Waals surface area contributed by atoms with Crippen LogP contribution in [-0.2, 0) is 30.9 Å². The number of rotatable bonds is 8. The lowest BCUT2D eigenvalue weighted by atomic mass is 9.79. The lowest BCUT2D eigenvalue weighted by molar-refractivity contribution is -0.138. The second kappa shape index (κ2) is 11.5. The van der Waals surface area contributed by atoms with Crippen molar-refractivity contribution in [1.29, 1.82) is 0 Å². The summed E-state index contributed by atoms with van der Waals surface area (Å²) in [7, 11) is 1.28. The van der Waals surface area contributed by atoms with Crippen LogP contribution in [0.4, 0.5) is 30.7 Å². The van der Waals surface area contributed by atoms with Gasteiger partial charge in [-0.05, 0) is 59.7 Å². The Morgan fingerprint density at radius 3 is 2.08 bits per heavy atom. The normalized spacial score (nSPS) is 13.6. The van der Waals surface area contributed by atoms with Crippen LogP contribution in [0.25, 0.3) is 0 Å². The van der Waals surface area contributed by atoms with Crippen LogP contribution < -0.4 is 10.1 Å². The van der Waals surface area contributed by atoms with Crippen LogP contribution in [0.1, 0.15) is 33.5 Å². The summed E-state index contributed by atoms with van der Waals surface area (Å²) in [5, 5.41) is 3.37. The fourth-order valence-electron chi connectivity index (χ4n) is 4.46. The number of aromatic nitrogens is 1. The van der Waals surface area contributed by atoms with Crippen molar-refractivity contribution < 1.29 is 35.5 Å². The lowest BCUT2D eigenvalue weighted by Crippen LogP contribution is -2.46. The van der Waals surface area contributed by atoms with Gasteiger partial charge in [0.2, 0.25) is 0 Å². The van der Waals surface area contributed by atoms with E-state index in [4.69, 9.17) is 16.3 Å². The highest BCUT2D eigenvalue weighted by atomic mass is 35.5. The molecule has 1 atom stereocenters. The van der Waals surface area contributed by atoms with Gasteiger partial charge in [0.25, 0.3) is 0 Å². The van der Waals surface area contributed by atoms with Gasteiger partial charge in [-0.15, -0.1) is 0 Å². The summed E-state index contributed by atoms with van der Waals surface area (Å²) in [4.78, 5) is 4.35. The predicted octanol–water partition coefficient (Wildman–Crippen LogP) is 8.20. The molecule has 0 unspecified atom stereocenters. The van der Waals surface area contributed by atoms with E-state index in [9.17, 15) is 30.7 Å². The van der Waals surface area contributed by atoms with E-state index in [1.807, 2.05) is 0 Å². The summed E-state index contributed by atoms with van der Waals surface area (Å²) in [5.74, 6) is -1.02. The monoisotopic (exact) mass is 582 g/mol. The number of halogens is 8. The maximum Gasteiger partial charge on any atom is 0.416 e. The number of hydrogen-bond donors (Lipinski definition) is 1. The predicted molar refractivity (Wildman–Crippen MR) is 136 cm³/mol. The molecular formula is C29H22ClF7N2O. The molecule has 0 saturated heterocycles. The summed E-state index contributed by atoms with van der Waals surface area (Å²) in [6, 6.07) is 16.6. The van der Waals surface area contributed by atoms with Gasteiger partial charge in [-0.2, -0.15) is 26.3 Å². The standard InChI is InChI=1S/C29H22ClF7N2O/c1-40-25-9-7-20(28(32,33)34)11-19(25)16-39-27(15-18-5-3-2-4-6-18,26-10-8-23(30)17-38-26)21-12-22(29(35,36)37)14-24(31)13-21/h2-14,17,39H,15-16H2,1H3/t27-/m0/s1. The molecule has 11 heteroatoms. The minimum Gasteiger partial charge on any atom is -0.496 e. The molecule has 3 aromatic carbocycles. The second-order valence-electron chi connectivity index (χ2n) is 9.03. The number of hydrogen-bond acceptors (Lipinski definition) is 3. The van der Waals surface area contributed by atoms with Crippen LogP contribution in [0.2, 0.25) is 5.02 Å². The van der Waals surface area contributed by atoms with Crippen LogP contribution in [-0.4, -0.2) is 12.1 Å². The van der Waals surface area contributed by atoms with E-state index in [0.717, 1.165) is 30.3 Å². The Morgan fingerprint density at radius 2 is 1.48 bits per heavy atom. The number of methoxy groups -OCH3 is 1. The third kappa shape index (κ3) is 6.56. The highest BCUT2D eigenvalue weighted by Gasteiger charge is 2.40. The second-order valence-corrected chi connectivity index (χ2v) is 9.47. The summed E-state index contributed by atoms with van der Waals surface area (Å²) in [5.41, 5.74) is -3.06. The molecule has 0 aliphatic rings. The van der Waals surface area contributed by atoms with Crippen molar-refractivity contribution in [1.82, 2.24) is 10.3 Å². The molecule has 0 fully saturated rings. The first kappa shape index (κ1) is 29.4. The van der Waals surface area contributed by atoms with Gasteiger partial charge in [0.1, 0.15) is 11.6 Å². The molecule has 40 heavy (non-hydrogen) atoms. The SMILES string of the molecule is COc1ccc(C(F)(F)F)cc1CN[C@@](Cc1ccccc1)(c1cc(F)cc(C(F)(F)F)c1)c1ccc(Cl)cn1.